The molecule has 1 aromatic heterocycles. The molecule has 3 heteroatoms. The van der Waals surface area contributed by atoms with Crippen LogP contribution in [0.1, 0.15) is 23.1 Å². The van der Waals surface area contributed by atoms with Crippen LogP contribution < -0.4 is 0 Å². The molecule has 18 heavy (non-hydrogen) atoms. The smallest absolute Gasteiger partial charge is 0.0924 e. The van der Waals surface area contributed by atoms with E-state index in [1.54, 1.807) is 11.3 Å². The summed E-state index contributed by atoms with van der Waals surface area (Å²) >= 11 is 1.64. The normalized spacial score (nSPS) is 18.5. The summed E-state index contributed by atoms with van der Waals surface area (Å²) in [4.78, 5) is 2.32. The lowest BCUT2D eigenvalue weighted by Gasteiger charge is -2.40. The average molecular weight is 259 g/mol. The first-order chi connectivity index (χ1) is 8.83. The van der Waals surface area contributed by atoms with Crippen LogP contribution in [0.2, 0.25) is 0 Å². The van der Waals surface area contributed by atoms with Gasteiger partial charge in [-0.2, -0.15) is 11.3 Å². The van der Waals surface area contributed by atoms with Crippen molar-refractivity contribution in [1.82, 2.24) is 4.90 Å². The third-order valence-electron chi connectivity index (χ3n) is 3.59. The van der Waals surface area contributed by atoms with Gasteiger partial charge in [-0.3, -0.25) is 4.90 Å². The number of β-amino-alcohol motifs (C(OH)–C–C–N with tert-alkyl or cyclic N) is 1. The summed E-state index contributed by atoms with van der Waals surface area (Å²) in [5.41, 5.74) is 2.46. The molecule has 1 atom stereocenters. The number of rotatable bonds is 4. The number of aliphatic hydroxyl groups is 1. The second kappa shape index (κ2) is 5.22. The SMILES string of the molecule is OC(CN1CC(c2ccccc2)C1)c1ccsc1. The van der Waals surface area contributed by atoms with Crippen molar-refractivity contribution in [3.8, 4) is 0 Å². The lowest BCUT2D eigenvalue weighted by molar-refractivity contribution is 0.0648. The molecule has 2 aromatic rings. The van der Waals surface area contributed by atoms with Crippen molar-refractivity contribution in [2.75, 3.05) is 19.6 Å². The van der Waals surface area contributed by atoms with E-state index in [0.717, 1.165) is 25.2 Å². The van der Waals surface area contributed by atoms with Crippen LogP contribution in [0.15, 0.2) is 47.2 Å². The summed E-state index contributed by atoms with van der Waals surface area (Å²) in [5, 5.41) is 14.1. The molecule has 0 bridgehead atoms. The fourth-order valence-corrected chi connectivity index (χ4v) is 3.18. The minimum absolute atomic E-state index is 0.340. The van der Waals surface area contributed by atoms with Gasteiger partial charge in [0.2, 0.25) is 0 Å². The fraction of sp³-hybridized carbons (Fsp3) is 0.333. The molecular formula is C15H17NOS. The zero-order valence-electron chi connectivity index (χ0n) is 10.2. The van der Waals surface area contributed by atoms with E-state index in [2.05, 4.69) is 35.2 Å². The highest BCUT2D eigenvalue weighted by Crippen LogP contribution is 2.28. The van der Waals surface area contributed by atoms with Crippen LogP contribution in [-0.2, 0) is 0 Å². The first-order valence-corrected chi connectivity index (χ1v) is 7.24. The molecule has 1 unspecified atom stereocenters. The molecule has 94 valence electrons. The summed E-state index contributed by atoms with van der Waals surface area (Å²) in [7, 11) is 0. The van der Waals surface area contributed by atoms with E-state index in [9.17, 15) is 5.11 Å². The Bertz CT molecular complexity index is 476. The lowest BCUT2D eigenvalue weighted by atomic mass is 9.91. The van der Waals surface area contributed by atoms with Crippen molar-refractivity contribution in [3.63, 3.8) is 0 Å². The van der Waals surface area contributed by atoms with Crippen LogP contribution >= 0.6 is 11.3 Å². The molecule has 0 radical (unpaired) electrons. The number of aliphatic hydroxyl groups excluding tert-OH is 1. The van der Waals surface area contributed by atoms with Gasteiger partial charge in [-0.1, -0.05) is 30.3 Å². The van der Waals surface area contributed by atoms with E-state index < -0.39 is 0 Å². The van der Waals surface area contributed by atoms with Gasteiger partial charge in [0, 0.05) is 25.6 Å². The van der Waals surface area contributed by atoms with E-state index in [4.69, 9.17) is 0 Å². The van der Waals surface area contributed by atoms with Gasteiger partial charge in [0.05, 0.1) is 6.10 Å². The third-order valence-corrected chi connectivity index (χ3v) is 4.29. The largest absolute Gasteiger partial charge is 0.387 e. The lowest BCUT2D eigenvalue weighted by Crippen LogP contribution is -2.46. The highest BCUT2D eigenvalue weighted by Gasteiger charge is 2.29. The van der Waals surface area contributed by atoms with Crippen molar-refractivity contribution < 1.29 is 5.11 Å². The van der Waals surface area contributed by atoms with Crippen LogP contribution in [-0.4, -0.2) is 29.6 Å². The standard InChI is InChI=1S/C15H17NOS/c17-15(13-6-7-18-11-13)10-16-8-14(9-16)12-4-2-1-3-5-12/h1-7,11,14-15,17H,8-10H2. The molecular weight excluding hydrogens is 242 g/mol. The van der Waals surface area contributed by atoms with Gasteiger partial charge < -0.3 is 5.11 Å². The molecule has 2 nitrogen and oxygen atoms in total. The van der Waals surface area contributed by atoms with Gasteiger partial charge in [0.15, 0.2) is 0 Å². The predicted octanol–water partition coefficient (Wildman–Crippen LogP) is 2.88. The Morgan fingerprint density at radius 2 is 2.00 bits per heavy atom. The van der Waals surface area contributed by atoms with Gasteiger partial charge in [-0.25, -0.2) is 0 Å². The zero-order chi connectivity index (χ0) is 12.4. The molecule has 3 rings (SSSR count). The second-order valence-electron chi connectivity index (χ2n) is 4.90. The van der Waals surface area contributed by atoms with Crippen molar-refractivity contribution in [3.05, 3.63) is 58.3 Å². The van der Waals surface area contributed by atoms with E-state index in [1.165, 1.54) is 5.56 Å². The molecule has 1 N–H and O–H groups in total. The van der Waals surface area contributed by atoms with Gasteiger partial charge in [0.25, 0.3) is 0 Å². The molecule has 1 aliphatic heterocycles. The highest BCUT2D eigenvalue weighted by molar-refractivity contribution is 7.07. The second-order valence-corrected chi connectivity index (χ2v) is 5.68. The van der Waals surface area contributed by atoms with Crippen LogP contribution in [0.5, 0.6) is 0 Å². The zero-order valence-corrected chi connectivity index (χ0v) is 11.0. The van der Waals surface area contributed by atoms with Crippen molar-refractivity contribution >= 4 is 11.3 Å². The van der Waals surface area contributed by atoms with E-state index >= 15 is 0 Å². The number of hydrogen-bond donors (Lipinski definition) is 1. The summed E-state index contributed by atoms with van der Waals surface area (Å²) < 4.78 is 0. The quantitative estimate of drug-likeness (QED) is 0.912. The maximum atomic E-state index is 10.1. The molecule has 2 heterocycles. The van der Waals surface area contributed by atoms with E-state index in [0.29, 0.717) is 5.92 Å². The Kier molecular flexibility index (Phi) is 3.46. The molecule has 0 saturated carbocycles. The Morgan fingerprint density at radius 1 is 1.22 bits per heavy atom. The maximum absolute atomic E-state index is 10.1. The first-order valence-electron chi connectivity index (χ1n) is 6.30. The Balaban J connectivity index is 1.51. The third kappa shape index (κ3) is 2.48. The Labute approximate surface area is 112 Å². The van der Waals surface area contributed by atoms with Gasteiger partial charge >= 0.3 is 0 Å². The number of benzene rings is 1. The number of hydrogen-bond acceptors (Lipinski definition) is 3. The summed E-state index contributed by atoms with van der Waals surface area (Å²) in [6.45, 7) is 2.87. The summed E-state index contributed by atoms with van der Waals surface area (Å²) in [5.74, 6) is 0.640. The molecule has 0 aliphatic carbocycles. The van der Waals surface area contributed by atoms with Gasteiger partial charge in [-0.15, -0.1) is 0 Å². The predicted molar refractivity (Wildman–Crippen MR) is 74.9 cm³/mol. The Hall–Kier alpha value is -1.16. The monoisotopic (exact) mass is 259 g/mol. The van der Waals surface area contributed by atoms with Crippen molar-refractivity contribution in [2.45, 2.75) is 12.0 Å². The first kappa shape index (κ1) is 11.9. The van der Waals surface area contributed by atoms with Crippen molar-refractivity contribution in [1.29, 1.82) is 0 Å². The van der Waals surface area contributed by atoms with Gasteiger partial charge in [-0.05, 0) is 28.0 Å². The Morgan fingerprint density at radius 3 is 2.67 bits per heavy atom. The molecule has 1 aromatic carbocycles. The minimum atomic E-state index is -0.340. The van der Waals surface area contributed by atoms with E-state index in [1.807, 2.05) is 16.8 Å². The summed E-state index contributed by atoms with van der Waals surface area (Å²) in [6, 6.07) is 12.6. The topological polar surface area (TPSA) is 23.5 Å². The highest BCUT2D eigenvalue weighted by atomic mass is 32.1. The molecule has 1 fully saturated rings. The minimum Gasteiger partial charge on any atom is -0.387 e. The number of thiophene rings is 1. The van der Waals surface area contributed by atoms with Crippen LogP contribution in [0.25, 0.3) is 0 Å². The van der Waals surface area contributed by atoms with Gasteiger partial charge in [0.1, 0.15) is 0 Å². The fourth-order valence-electron chi connectivity index (χ4n) is 2.47. The van der Waals surface area contributed by atoms with Crippen LogP contribution in [0, 0.1) is 0 Å². The molecule has 0 amide bonds. The average Bonchev–Trinajstić information content (AvgIpc) is 2.88. The van der Waals surface area contributed by atoms with Crippen LogP contribution in [0.3, 0.4) is 0 Å². The molecule has 1 saturated heterocycles. The molecule has 1 aliphatic rings. The molecule has 0 spiro atoms. The van der Waals surface area contributed by atoms with Crippen LogP contribution in [0.4, 0.5) is 0 Å². The number of likely N-dealkylation sites (tertiary alicyclic amines) is 1. The van der Waals surface area contributed by atoms with Crippen molar-refractivity contribution in [2.24, 2.45) is 0 Å². The number of nitrogens with zero attached hydrogens (tertiary/aromatic N) is 1. The maximum Gasteiger partial charge on any atom is 0.0924 e. The van der Waals surface area contributed by atoms with E-state index in [-0.39, 0.29) is 6.10 Å². The summed E-state index contributed by atoms with van der Waals surface area (Å²) in [6.07, 6.45) is -0.340.